The predicted molar refractivity (Wildman–Crippen MR) is 135 cm³/mol. The zero-order valence-corrected chi connectivity index (χ0v) is 20.6. The zero-order valence-electron chi connectivity index (χ0n) is 20.6. The average molecular weight is 488 g/mol. The fourth-order valence-corrected chi connectivity index (χ4v) is 4.12. The molecule has 0 saturated heterocycles. The molecule has 1 amide bonds. The molecule has 10 nitrogen and oxygen atoms in total. The number of nitrogens with one attached hydrogen (secondary N) is 1. The lowest BCUT2D eigenvalue weighted by atomic mass is 10.0. The summed E-state index contributed by atoms with van der Waals surface area (Å²) in [5, 5.41) is 19.2. The Labute approximate surface area is 207 Å². The summed E-state index contributed by atoms with van der Waals surface area (Å²) >= 11 is 0. The Bertz CT molecular complexity index is 1540. The van der Waals surface area contributed by atoms with Gasteiger partial charge in [-0.25, -0.2) is 9.78 Å². The fourth-order valence-electron chi connectivity index (χ4n) is 4.12. The van der Waals surface area contributed by atoms with Gasteiger partial charge in [-0.3, -0.25) is 14.9 Å². The number of rotatable bonds is 6. The molecule has 0 aliphatic carbocycles. The smallest absolute Gasteiger partial charge is 0.343 e. The van der Waals surface area contributed by atoms with Crippen molar-refractivity contribution in [3.63, 3.8) is 0 Å². The number of ether oxygens (including phenoxy) is 1. The Kier molecular flexibility index (Phi) is 6.52. The van der Waals surface area contributed by atoms with Crippen LogP contribution in [-0.4, -0.2) is 38.2 Å². The van der Waals surface area contributed by atoms with Crippen molar-refractivity contribution >= 4 is 34.3 Å². The van der Waals surface area contributed by atoms with Crippen LogP contribution in [-0.2, 0) is 4.74 Å². The first-order chi connectivity index (χ1) is 17.1. The third-order valence-corrected chi connectivity index (χ3v) is 5.81. The summed E-state index contributed by atoms with van der Waals surface area (Å²) in [6.45, 7) is 9.32. The van der Waals surface area contributed by atoms with E-state index in [1.54, 1.807) is 13.8 Å². The number of aromatic nitrogens is 3. The van der Waals surface area contributed by atoms with Crippen molar-refractivity contribution in [2.75, 3.05) is 11.9 Å². The predicted octanol–water partition coefficient (Wildman–Crippen LogP) is 4.99. The Balaban J connectivity index is 1.82. The quantitative estimate of drug-likeness (QED) is 0.230. The van der Waals surface area contributed by atoms with Gasteiger partial charge in [-0.15, -0.1) is 0 Å². The lowest BCUT2D eigenvalue weighted by molar-refractivity contribution is -0.385. The van der Waals surface area contributed by atoms with Crippen LogP contribution in [0, 0.1) is 37.8 Å². The third-order valence-electron chi connectivity index (χ3n) is 5.81. The summed E-state index contributed by atoms with van der Waals surface area (Å²) in [5.41, 5.74) is 4.34. The second kappa shape index (κ2) is 9.57. The molecular weight excluding hydrogens is 462 g/mol. The van der Waals surface area contributed by atoms with E-state index in [0.29, 0.717) is 11.4 Å². The van der Waals surface area contributed by atoms with E-state index in [1.807, 2.05) is 32.9 Å². The van der Waals surface area contributed by atoms with Crippen molar-refractivity contribution in [3.05, 3.63) is 86.1 Å². The van der Waals surface area contributed by atoms with Crippen LogP contribution in [0.4, 0.5) is 11.5 Å². The van der Waals surface area contributed by atoms with Gasteiger partial charge in [0.2, 0.25) is 0 Å². The first-order valence-electron chi connectivity index (χ1n) is 11.3. The summed E-state index contributed by atoms with van der Waals surface area (Å²) in [6, 6.07) is 9.96. The number of aryl methyl sites for hydroxylation is 4. The number of amides is 1. The van der Waals surface area contributed by atoms with Gasteiger partial charge < -0.3 is 10.1 Å². The lowest BCUT2D eigenvalue weighted by Crippen LogP contribution is -2.18. The van der Waals surface area contributed by atoms with E-state index in [4.69, 9.17) is 9.72 Å². The average Bonchev–Trinajstić information content (AvgIpc) is 3.23. The molecule has 0 spiro atoms. The highest BCUT2D eigenvalue weighted by Gasteiger charge is 2.24. The number of hydrogen-bond acceptors (Lipinski definition) is 7. The maximum Gasteiger partial charge on any atom is 0.343 e. The maximum atomic E-state index is 13.1. The molecule has 0 saturated carbocycles. The first-order valence-corrected chi connectivity index (χ1v) is 11.3. The summed E-state index contributed by atoms with van der Waals surface area (Å²) in [6.07, 6.45) is 1.32. The van der Waals surface area contributed by atoms with E-state index in [-0.39, 0.29) is 29.2 Å². The molecule has 1 N–H and O–H groups in total. The molecule has 0 bridgehead atoms. The summed E-state index contributed by atoms with van der Waals surface area (Å²) in [5.74, 6) is -0.712. The molecular formula is C26H25N5O5. The van der Waals surface area contributed by atoms with Gasteiger partial charge in [0.25, 0.3) is 11.6 Å². The van der Waals surface area contributed by atoms with Crippen molar-refractivity contribution < 1.29 is 19.2 Å². The Morgan fingerprint density at radius 3 is 2.47 bits per heavy atom. The number of anilines is 1. The number of nitro benzene ring substituents is 1. The number of carbonyl (C=O) groups is 2. The van der Waals surface area contributed by atoms with Gasteiger partial charge in [-0.1, -0.05) is 11.6 Å². The number of hydrogen-bond donors (Lipinski definition) is 1. The molecule has 0 atom stereocenters. The van der Waals surface area contributed by atoms with Gasteiger partial charge in [0, 0.05) is 22.6 Å². The van der Waals surface area contributed by atoms with E-state index < -0.39 is 16.8 Å². The molecule has 4 aromatic rings. The molecule has 10 heteroatoms. The van der Waals surface area contributed by atoms with Crippen molar-refractivity contribution in [2.45, 2.75) is 34.6 Å². The lowest BCUT2D eigenvalue weighted by Gasteiger charge is -2.13. The molecule has 0 unspecified atom stereocenters. The minimum Gasteiger partial charge on any atom is -0.462 e. The SMILES string of the molecule is CCOC(=O)c1cnn(-c2cc(C)c3cc(C)cc(C)c3n2)c1NC(=O)c1ccc([N+](=O)[O-])c(C)c1. The van der Waals surface area contributed by atoms with E-state index in [9.17, 15) is 19.7 Å². The minimum absolute atomic E-state index is 0.0593. The molecule has 0 aliphatic heterocycles. The summed E-state index contributed by atoms with van der Waals surface area (Å²) in [4.78, 5) is 41.2. The van der Waals surface area contributed by atoms with Gasteiger partial charge in [0.05, 0.1) is 23.2 Å². The molecule has 2 heterocycles. The van der Waals surface area contributed by atoms with E-state index in [0.717, 1.165) is 27.6 Å². The largest absolute Gasteiger partial charge is 0.462 e. The minimum atomic E-state index is -0.650. The van der Waals surface area contributed by atoms with Gasteiger partial charge in [0.15, 0.2) is 11.6 Å². The van der Waals surface area contributed by atoms with Crippen molar-refractivity contribution in [1.82, 2.24) is 14.8 Å². The van der Waals surface area contributed by atoms with E-state index >= 15 is 0 Å². The van der Waals surface area contributed by atoms with Crippen molar-refractivity contribution in [1.29, 1.82) is 0 Å². The number of nitro groups is 1. The van der Waals surface area contributed by atoms with Crippen LogP contribution in [0.3, 0.4) is 0 Å². The monoisotopic (exact) mass is 487 g/mol. The Hall–Kier alpha value is -4.60. The Morgan fingerprint density at radius 1 is 1.06 bits per heavy atom. The fraction of sp³-hybridized carbons (Fsp3) is 0.231. The van der Waals surface area contributed by atoms with Crippen molar-refractivity contribution in [2.24, 2.45) is 0 Å². The van der Waals surface area contributed by atoms with Crippen LogP contribution in [0.1, 0.15) is 49.9 Å². The van der Waals surface area contributed by atoms with Crippen LogP contribution < -0.4 is 5.32 Å². The third kappa shape index (κ3) is 4.52. The number of benzene rings is 2. The van der Waals surface area contributed by atoms with Crippen LogP contribution in [0.2, 0.25) is 0 Å². The highest BCUT2D eigenvalue weighted by atomic mass is 16.6. The number of fused-ring (bicyclic) bond motifs is 1. The molecule has 2 aromatic heterocycles. The van der Waals surface area contributed by atoms with Crippen molar-refractivity contribution in [3.8, 4) is 5.82 Å². The topological polar surface area (TPSA) is 129 Å². The Morgan fingerprint density at radius 2 is 1.81 bits per heavy atom. The molecule has 0 fully saturated rings. The van der Waals surface area contributed by atoms with E-state index in [2.05, 4.69) is 16.5 Å². The van der Waals surface area contributed by atoms with Gasteiger partial charge in [0.1, 0.15) is 5.56 Å². The highest BCUT2D eigenvalue weighted by molar-refractivity contribution is 6.07. The second-order valence-corrected chi connectivity index (χ2v) is 8.53. The zero-order chi connectivity index (χ0) is 26.1. The van der Waals surface area contributed by atoms with E-state index in [1.165, 1.54) is 29.1 Å². The van der Waals surface area contributed by atoms with Crippen LogP contribution in [0.25, 0.3) is 16.7 Å². The molecule has 2 aromatic carbocycles. The van der Waals surface area contributed by atoms with Crippen LogP contribution in [0.5, 0.6) is 0 Å². The number of pyridine rings is 1. The number of nitrogens with zero attached hydrogens (tertiary/aromatic N) is 4. The summed E-state index contributed by atoms with van der Waals surface area (Å²) < 4.78 is 6.54. The van der Waals surface area contributed by atoms with Gasteiger partial charge in [-0.05, 0) is 70.0 Å². The number of carbonyl (C=O) groups excluding carboxylic acids is 2. The second-order valence-electron chi connectivity index (χ2n) is 8.53. The molecule has 184 valence electrons. The van der Waals surface area contributed by atoms with Crippen LogP contribution >= 0.6 is 0 Å². The normalized spacial score (nSPS) is 10.9. The van der Waals surface area contributed by atoms with Gasteiger partial charge >= 0.3 is 5.97 Å². The molecule has 4 rings (SSSR count). The standard InChI is InChI=1S/C26H25N5O5/c1-6-36-26(33)20-13-27-30(22-12-15(3)19-10-14(2)9-17(5)23(19)28-22)24(20)29-25(32)18-7-8-21(31(34)35)16(4)11-18/h7-13H,6H2,1-5H3,(H,29,32). The van der Waals surface area contributed by atoms with Gasteiger partial charge in [-0.2, -0.15) is 9.78 Å². The molecule has 0 aliphatic rings. The highest BCUT2D eigenvalue weighted by Crippen LogP contribution is 2.28. The molecule has 36 heavy (non-hydrogen) atoms. The number of esters is 1. The first kappa shape index (κ1) is 24.5. The van der Waals surface area contributed by atoms with Crippen LogP contribution in [0.15, 0.2) is 42.6 Å². The maximum absolute atomic E-state index is 13.1. The molecule has 0 radical (unpaired) electrons. The summed E-state index contributed by atoms with van der Waals surface area (Å²) in [7, 11) is 0.